The molecule has 5 heteroatoms. The van der Waals surface area contributed by atoms with Crippen LogP contribution in [0.1, 0.15) is 46.2 Å². The van der Waals surface area contributed by atoms with Crippen LogP contribution in [0.4, 0.5) is 5.69 Å². The highest BCUT2D eigenvalue weighted by Gasteiger charge is 2.26. The van der Waals surface area contributed by atoms with Crippen LogP contribution in [-0.2, 0) is 17.8 Å². The standard InChI is InChI=1S/C20H19N3O2/c1-13-20(17(12-21)18-4-3-11-23(13)18)19(25)10-7-15-5-8-16(9-6-15)22-14(2)24/h5-10H,3-4,11H2,1-2H3,(H,22,24)/b10-7-. The van der Waals surface area contributed by atoms with Gasteiger partial charge in [-0.1, -0.05) is 18.2 Å². The number of carbonyl (C=O) groups excluding carboxylic acids is 2. The summed E-state index contributed by atoms with van der Waals surface area (Å²) >= 11 is 0. The number of nitrogens with zero attached hydrogens (tertiary/aromatic N) is 2. The molecule has 0 atom stereocenters. The number of rotatable bonds is 4. The third-order valence-corrected chi connectivity index (χ3v) is 4.44. The van der Waals surface area contributed by atoms with Gasteiger partial charge in [0.15, 0.2) is 5.78 Å². The van der Waals surface area contributed by atoms with Crippen LogP contribution in [0.2, 0.25) is 0 Å². The predicted molar refractivity (Wildman–Crippen MR) is 96.3 cm³/mol. The number of aromatic nitrogens is 1. The van der Waals surface area contributed by atoms with E-state index in [1.807, 2.05) is 19.1 Å². The van der Waals surface area contributed by atoms with Crippen molar-refractivity contribution in [1.82, 2.24) is 4.57 Å². The lowest BCUT2D eigenvalue weighted by molar-refractivity contribution is -0.114. The molecule has 2 aromatic rings. The fraction of sp³-hybridized carbons (Fsp3) is 0.250. The quantitative estimate of drug-likeness (QED) is 0.687. The molecule has 0 radical (unpaired) electrons. The zero-order valence-corrected chi connectivity index (χ0v) is 14.3. The van der Waals surface area contributed by atoms with Crippen molar-refractivity contribution in [3.8, 4) is 6.07 Å². The number of benzene rings is 1. The number of ketones is 1. The number of allylic oxidation sites excluding steroid dienone is 1. The molecule has 0 unspecified atom stereocenters. The molecule has 0 saturated heterocycles. The van der Waals surface area contributed by atoms with Crippen LogP contribution in [0.25, 0.3) is 6.08 Å². The third-order valence-electron chi connectivity index (χ3n) is 4.44. The number of nitriles is 1. The van der Waals surface area contributed by atoms with Crippen LogP contribution < -0.4 is 5.32 Å². The molecule has 0 fully saturated rings. The van der Waals surface area contributed by atoms with Gasteiger partial charge in [0, 0.05) is 30.5 Å². The van der Waals surface area contributed by atoms with Crippen LogP contribution in [0.5, 0.6) is 0 Å². The van der Waals surface area contributed by atoms with E-state index in [0.717, 1.165) is 36.3 Å². The van der Waals surface area contributed by atoms with Gasteiger partial charge in [-0.3, -0.25) is 9.59 Å². The molecule has 5 nitrogen and oxygen atoms in total. The van der Waals surface area contributed by atoms with E-state index in [9.17, 15) is 14.9 Å². The van der Waals surface area contributed by atoms with Crippen LogP contribution in [0.3, 0.4) is 0 Å². The Morgan fingerprint density at radius 2 is 2.00 bits per heavy atom. The van der Waals surface area contributed by atoms with Crippen molar-refractivity contribution in [3.63, 3.8) is 0 Å². The van der Waals surface area contributed by atoms with Gasteiger partial charge in [0.05, 0.1) is 11.1 Å². The minimum Gasteiger partial charge on any atom is -0.347 e. The highest BCUT2D eigenvalue weighted by Crippen LogP contribution is 2.29. The summed E-state index contributed by atoms with van der Waals surface area (Å²) in [6.45, 7) is 4.23. The van der Waals surface area contributed by atoms with E-state index in [1.165, 1.54) is 13.0 Å². The van der Waals surface area contributed by atoms with E-state index >= 15 is 0 Å². The molecule has 25 heavy (non-hydrogen) atoms. The molecule has 1 amide bonds. The van der Waals surface area contributed by atoms with Crippen molar-refractivity contribution in [2.24, 2.45) is 0 Å². The van der Waals surface area contributed by atoms with Gasteiger partial charge < -0.3 is 9.88 Å². The van der Waals surface area contributed by atoms with Crippen molar-refractivity contribution >= 4 is 23.5 Å². The molecule has 126 valence electrons. The average molecular weight is 333 g/mol. The first-order valence-corrected chi connectivity index (χ1v) is 8.23. The average Bonchev–Trinajstić information content (AvgIpc) is 3.15. The molecule has 0 saturated carbocycles. The molecule has 3 rings (SSSR count). The van der Waals surface area contributed by atoms with Crippen molar-refractivity contribution < 1.29 is 9.59 Å². The number of fused-ring (bicyclic) bond motifs is 1. The molecule has 0 spiro atoms. The highest BCUT2D eigenvalue weighted by atomic mass is 16.1. The lowest BCUT2D eigenvalue weighted by Gasteiger charge is -2.02. The summed E-state index contributed by atoms with van der Waals surface area (Å²) in [6.07, 6.45) is 5.11. The first kappa shape index (κ1) is 16.7. The highest BCUT2D eigenvalue weighted by molar-refractivity contribution is 6.09. The second kappa shape index (κ2) is 6.78. The van der Waals surface area contributed by atoms with Gasteiger partial charge in [-0.15, -0.1) is 0 Å². The zero-order chi connectivity index (χ0) is 18.0. The summed E-state index contributed by atoms with van der Waals surface area (Å²) < 4.78 is 2.09. The van der Waals surface area contributed by atoms with Gasteiger partial charge in [0.1, 0.15) is 6.07 Å². The van der Waals surface area contributed by atoms with Crippen molar-refractivity contribution in [1.29, 1.82) is 5.26 Å². The van der Waals surface area contributed by atoms with Crippen molar-refractivity contribution in [2.45, 2.75) is 33.2 Å². The van der Waals surface area contributed by atoms with Gasteiger partial charge in [0.25, 0.3) is 0 Å². The lowest BCUT2D eigenvalue weighted by atomic mass is 10.0. The molecule has 1 N–H and O–H groups in total. The number of hydrogen-bond donors (Lipinski definition) is 1. The van der Waals surface area contributed by atoms with Gasteiger partial charge in [-0.05, 0) is 43.5 Å². The minimum absolute atomic E-state index is 0.125. The van der Waals surface area contributed by atoms with Gasteiger partial charge >= 0.3 is 0 Å². The van der Waals surface area contributed by atoms with E-state index < -0.39 is 0 Å². The summed E-state index contributed by atoms with van der Waals surface area (Å²) in [5, 5.41) is 12.2. The maximum Gasteiger partial charge on any atom is 0.221 e. The molecule has 1 aromatic heterocycles. The molecule has 1 aromatic carbocycles. The summed E-state index contributed by atoms with van der Waals surface area (Å²) in [5.74, 6) is -0.276. The van der Waals surface area contributed by atoms with Gasteiger partial charge in [-0.25, -0.2) is 0 Å². The van der Waals surface area contributed by atoms with E-state index in [4.69, 9.17) is 0 Å². The molecule has 1 aliphatic heterocycles. The fourth-order valence-electron chi connectivity index (χ4n) is 3.32. The molecule has 1 aliphatic rings. The Balaban J connectivity index is 1.82. The summed E-state index contributed by atoms with van der Waals surface area (Å²) in [4.78, 5) is 23.7. The second-order valence-electron chi connectivity index (χ2n) is 6.15. The number of anilines is 1. The van der Waals surface area contributed by atoms with Gasteiger partial charge in [0.2, 0.25) is 5.91 Å². The number of hydrogen-bond acceptors (Lipinski definition) is 3. The fourth-order valence-corrected chi connectivity index (χ4v) is 3.32. The first-order valence-electron chi connectivity index (χ1n) is 8.23. The maximum atomic E-state index is 12.6. The monoisotopic (exact) mass is 333 g/mol. The molecule has 0 aliphatic carbocycles. The molecular weight excluding hydrogens is 314 g/mol. The van der Waals surface area contributed by atoms with Crippen molar-refractivity contribution in [3.05, 3.63) is 58.4 Å². The van der Waals surface area contributed by atoms with E-state index in [-0.39, 0.29) is 11.7 Å². The number of amides is 1. The van der Waals surface area contributed by atoms with Crippen molar-refractivity contribution in [2.75, 3.05) is 5.32 Å². The normalized spacial score (nSPS) is 12.8. The first-order chi connectivity index (χ1) is 12.0. The summed E-state index contributed by atoms with van der Waals surface area (Å²) in [5.41, 5.74) is 4.46. The number of nitrogens with one attached hydrogen (secondary N) is 1. The summed E-state index contributed by atoms with van der Waals surface area (Å²) in [7, 11) is 0. The molecule has 2 heterocycles. The minimum atomic E-state index is -0.151. The predicted octanol–water partition coefficient (Wildman–Crippen LogP) is 3.47. The van der Waals surface area contributed by atoms with Crippen LogP contribution in [-0.4, -0.2) is 16.3 Å². The van der Waals surface area contributed by atoms with Crippen LogP contribution >= 0.6 is 0 Å². The van der Waals surface area contributed by atoms with Gasteiger partial charge in [-0.2, -0.15) is 5.26 Å². The Morgan fingerprint density at radius 3 is 2.64 bits per heavy atom. The Kier molecular flexibility index (Phi) is 4.53. The van der Waals surface area contributed by atoms with Crippen LogP contribution in [0, 0.1) is 18.3 Å². The Labute approximate surface area is 146 Å². The Hall–Kier alpha value is -3.13. The van der Waals surface area contributed by atoms with E-state index in [1.54, 1.807) is 18.2 Å². The number of carbonyl (C=O) groups is 2. The van der Waals surface area contributed by atoms with Crippen LogP contribution in [0.15, 0.2) is 30.3 Å². The third kappa shape index (κ3) is 3.24. The SMILES string of the molecule is CC(=O)Nc1ccc(/C=C\C(=O)c2c(C#N)c3n(c2C)CCC3)cc1. The molecular formula is C20H19N3O2. The van der Waals surface area contributed by atoms with E-state index in [2.05, 4.69) is 16.0 Å². The smallest absolute Gasteiger partial charge is 0.221 e. The topological polar surface area (TPSA) is 74.9 Å². The second-order valence-corrected chi connectivity index (χ2v) is 6.15. The summed E-state index contributed by atoms with van der Waals surface area (Å²) in [6, 6.07) is 9.42. The largest absolute Gasteiger partial charge is 0.347 e. The van der Waals surface area contributed by atoms with E-state index in [0.29, 0.717) is 16.8 Å². The maximum absolute atomic E-state index is 12.6. The zero-order valence-electron chi connectivity index (χ0n) is 14.3. The Morgan fingerprint density at radius 1 is 1.28 bits per heavy atom. The lowest BCUT2D eigenvalue weighted by Crippen LogP contribution is -2.05. The Bertz CT molecular complexity index is 912. The molecule has 0 bridgehead atoms.